The van der Waals surface area contributed by atoms with Crippen LogP contribution in [0.1, 0.15) is 33.6 Å². The highest BCUT2D eigenvalue weighted by Gasteiger charge is 2.29. The molecule has 0 aliphatic rings. The van der Waals surface area contributed by atoms with Crippen LogP contribution in [0.25, 0.3) is 0 Å². The molecule has 0 saturated carbocycles. The molecule has 2 atom stereocenters. The number of nitro groups is 1. The van der Waals surface area contributed by atoms with Crippen molar-refractivity contribution in [1.82, 2.24) is 4.72 Å². The molecule has 0 aliphatic heterocycles. The summed E-state index contributed by atoms with van der Waals surface area (Å²) in [5.41, 5.74) is 0.344. The molecule has 0 heterocycles. The van der Waals surface area contributed by atoms with Gasteiger partial charge in [-0.3, -0.25) is 10.1 Å². The van der Waals surface area contributed by atoms with Crippen molar-refractivity contribution in [3.8, 4) is 0 Å². The lowest BCUT2D eigenvalue weighted by molar-refractivity contribution is -0.387. The molecule has 0 saturated heterocycles. The number of hydrogen-bond acceptors (Lipinski definition) is 5. The fraction of sp³-hybridized carbons (Fsp3) is 0.474. The van der Waals surface area contributed by atoms with E-state index in [9.17, 15) is 18.5 Å². The minimum absolute atomic E-state index is 0.152. The molecule has 9 heteroatoms. The zero-order valence-electron chi connectivity index (χ0n) is 16.3. The summed E-state index contributed by atoms with van der Waals surface area (Å²) in [5.74, 6) is -0.152. The van der Waals surface area contributed by atoms with Gasteiger partial charge in [0.1, 0.15) is 0 Å². The first-order chi connectivity index (χ1) is 13.2. The molecule has 28 heavy (non-hydrogen) atoms. The summed E-state index contributed by atoms with van der Waals surface area (Å²) >= 11 is 2.07. The first-order valence-corrected chi connectivity index (χ1v) is 11.7. The van der Waals surface area contributed by atoms with Crippen molar-refractivity contribution in [3.63, 3.8) is 0 Å². The third kappa shape index (κ3) is 7.61. The normalized spacial score (nSPS) is 14.9. The van der Waals surface area contributed by atoms with Crippen LogP contribution in [0, 0.1) is 16.0 Å². The maximum absolute atomic E-state index is 12.9. The second-order valence-electron chi connectivity index (χ2n) is 6.38. The first kappa shape index (κ1) is 24.7. The summed E-state index contributed by atoms with van der Waals surface area (Å²) < 4.78 is 35.8. The predicted molar refractivity (Wildman–Crippen MR) is 119 cm³/mol. The summed E-state index contributed by atoms with van der Waals surface area (Å²) in [6.45, 7) is 6.83. The quantitative estimate of drug-likeness (QED) is 0.142. The highest BCUT2D eigenvalue weighted by atomic mass is 127. The van der Waals surface area contributed by atoms with Gasteiger partial charge < -0.3 is 4.74 Å². The zero-order valence-corrected chi connectivity index (χ0v) is 19.3. The van der Waals surface area contributed by atoms with Gasteiger partial charge in [0.05, 0.1) is 11.5 Å². The van der Waals surface area contributed by atoms with Crippen molar-refractivity contribution < 1.29 is 18.1 Å². The van der Waals surface area contributed by atoms with Crippen LogP contribution in [0.4, 0.5) is 5.69 Å². The number of para-hydroxylation sites is 1. The lowest BCUT2D eigenvalue weighted by Gasteiger charge is -2.24. The summed E-state index contributed by atoms with van der Waals surface area (Å²) in [4.78, 5) is 10.2. The van der Waals surface area contributed by atoms with Crippen LogP contribution in [-0.4, -0.2) is 32.6 Å². The largest absolute Gasteiger partial charge is 0.377 e. The summed E-state index contributed by atoms with van der Waals surface area (Å²) in [7, 11) is -4.09. The van der Waals surface area contributed by atoms with Gasteiger partial charge in [-0.15, -0.1) is 0 Å². The molecule has 0 bridgehead atoms. The maximum Gasteiger partial charge on any atom is 0.289 e. The van der Waals surface area contributed by atoms with Crippen molar-refractivity contribution in [2.24, 2.45) is 5.92 Å². The van der Waals surface area contributed by atoms with E-state index >= 15 is 0 Å². The van der Waals surface area contributed by atoms with Gasteiger partial charge >= 0.3 is 0 Å². The molecule has 1 rings (SSSR count). The van der Waals surface area contributed by atoms with Gasteiger partial charge in [0.25, 0.3) is 5.69 Å². The van der Waals surface area contributed by atoms with Crippen LogP contribution >= 0.6 is 22.6 Å². The average molecular weight is 522 g/mol. The number of nitro benzene ring substituents is 1. The van der Waals surface area contributed by atoms with Crippen LogP contribution < -0.4 is 4.72 Å². The molecular weight excluding hydrogens is 495 g/mol. The van der Waals surface area contributed by atoms with Gasteiger partial charge in [-0.1, -0.05) is 72.7 Å². The Bertz CT molecular complexity index is 808. The number of hydrogen-bond donors (Lipinski definition) is 1. The molecule has 0 spiro atoms. The number of unbranched alkanes of at least 4 members (excludes halogenated alkanes) is 1. The van der Waals surface area contributed by atoms with Crippen LogP contribution in [0.2, 0.25) is 0 Å². The monoisotopic (exact) mass is 522 g/mol. The van der Waals surface area contributed by atoms with Crippen molar-refractivity contribution >= 4 is 38.3 Å². The van der Waals surface area contributed by atoms with E-state index in [1.165, 1.54) is 24.3 Å². The summed E-state index contributed by atoms with van der Waals surface area (Å²) in [6.07, 6.45) is 5.73. The first-order valence-electron chi connectivity index (χ1n) is 9.01. The SMILES string of the molecule is CCCCOC/C=C(\C)[C@@H](NS(=O)(=O)c1ccccc1[N+](=O)[O-])[C@@H](C)/C=C/I. The standard InChI is InChI=1S/C19H27IN2O5S/c1-4-5-13-27-14-11-16(3)19(15(2)10-12-20)21-28(25,26)18-9-7-6-8-17(18)22(23)24/h6-12,15,19,21H,4-5,13-14H2,1-3H3/b12-10+,16-11+/t15-,19-/m0/s1. The summed E-state index contributed by atoms with van der Waals surface area (Å²) in [6, 6.07) is 4.78. The number of benzene rings is 1. The minimum atomic E-state index is -4.09. The fourth-order valence-electron chi connectivity index (χ4n) is 2.55. The Kier molecular flexibility index (Phi) is 10.9. The Morgan fingerprint density at radius 2 is 2.07 bits per heavy atom. The fourth-order valence-corrected chi connectivity index (χ4v) is 4.75. The molecule has 0 radical (unpaired) electrons. The molecule has 0 amide bonds. The van der Waals surface area contributed by atoms with Gasteiger partial charge in [0.15, 0.2) is 4.90 Å². The highest BCUT2D eigenvalue weighted by molar-refractivity contribution is 14.1. The topological polar surface area (TPSA) is 98.5 Å². The Balaban J connectivity index is 3.12. The van der Waals surface area contributed by atoms with Crippen molar-refractivity contribution in [2.75, 3.05) is 13.2 Å². The molecule has 1 N–H and O–H groups in total. The molecule has 0 fully saturated rings. The maximum atomic E-state index is 12.9. The number of ether oxygens (including phenoxy) is 1. The van der Waals surface area contributed by atoms with E-state index in [1.807, 2.05) is 30.1 Å². The molecule has 1 aromatic carbocycles. The number of rotatable bonds is 12. The molecule has 7 nitrogen and oxygen atoms in total. The predicted octanol–water partition coefficient (Wildman–Crippen LogP) is 4.59. The number of nitrogens with zero attached hydrogens (tertiary/aromatic N) is 1. The smallest absolute Gasteiger partial charge is 0.289 e. The summed E-state index contributed by atoms with van der Waals surface area (Å²) in [5, 5.41) is 11.2. The Labute approximate surface area is 180 Å². The van der Waals surface area contributed by atoms with Crippen LogP contribution in [0.3, 0.4) is 0 Å². The number of sulfonamides is 1. The van der Waals surface area contributed by atoms with E-state index in [4.69, 9.17) is 4.74 Å². The van der Waals surface area contributed by atoms with Crippen molar-refractivity contribution in [2.45, 2.75) is 44.6 Å². The van der Waals surface area contributed by atoms with Gasteiger partial charge in [0, 0.05) is 18.7 Å². The highest BCUT2D eigenvalue weighted by Crippen LogP contribution is 2.25. The molecule has 0 unspecified atom stereocenters. The zero-order chi connectivity index (χ0) is 21.2. The van der Waals surface area contributed by atoms with Crippen molar-refractivity contribution in [1.29, 1.82) is 0 Å². The van der Waals surface area contributed by atoms with Gasteiger partial charge in [-0.2, -0.15) is 0 Å². The van der Waals surface area contributed by atoms with Gasteiger partial charge in [-0.25, -0.2) is 13.1 Å². The minimum Gasteiger partial charge on any atom is -0.377 e. The van der Waals surface area contributed by atoms with Crippen LogP contribution in [0.5, 0.6) is 0 Å². The van der Waals surface area contributed by atoms with Gasteiger partial charge in [-0.05, 0) is 29.4 Å². The van der Waals surface area contributed by atoms with Crippen LogP contribution in [-0.2, 0) is 14.8 Å². The average Bonchev–Trinajstić information content (AvgIpc) is 2.66. The lowest BCUT2D eigenvalue weighted by atomic mass is 9.96. The third-order valence-corrected chi connectivity index (χ3v) is 6.10. The molecule has 0 aliphatic carbocycles. The molecule has 1 aromatic rings. The number of nitrogens with one attached hydrogen (secondary N) is 1. The van der Waals surface area contributed by atoms with Crippen molar-refractivity contribution in [3.05, 3.63) is 56.2 Å². The van der Waals surface area contributed by atoms with E-state index in [1.54, 1.807) is 0 Å². The van der Waals surface area contributed by atoms with E-state index in [-0.39, 0.29) is 10.8 Å². The van der Waals surface area contributed by atoms with Crippen LogP contribution in [0.15, 0.2) is 51.0 Å². The second-order valence-corrected chi connectivity index (χ2v) is 8.78. The molecular formula is C19H27IN2O5S. The number of halogens is 1. The Morgan fingerprint density at radius 1 is 1.39 bits per heavy atom. The van der Waals surface area contributed by atoms with E-state index in [2.05, 4.69) is 34.2 Å². The van der Waals surface area contributed by atoms with E-state index in [0.29, 0.717) is 13.2 Å². The Hall–Kier alpha value is -1.30. The van der Waals surface area contributed by atoms with Gasteiger partial charge in [0.2, 0.25) is 10.0 Å². The molecule has 0 aromatic heterocycles. The van der Waals surface area contributed by atoms with E-state index < -0.39 is 26.7 Å². The third-order valence-electron chi connectivity index (χ3n) is 4.19. The van der Waals surface area contributed by atoms with E-state index in [0.717, 1.165) is 18.4 Å². The second kappa shape index (κ2) is 12.3. The Morgan fingerprint density at radius 3 is 2.68 bits per heavy atom. The lowest BCUT2D eigenvalue weighted by Crippen LogP contribution is -2.40. The molecule has 156 valence electrons.